The molecule has 0 saturated carbocycles. The van der Waals surface area contributed by atoms with Gasteiger partial charge in [0.2, 0.25) is 5.91 Å². The standard InChI is InChI=1S/C14H22N2O/c1-4-10-15-14(17)12(3)16-11(2)13-8-6-5-7-9-13/h5-9,11-12,16H,4,10H2,1-3H3,(H,15,17). The lowest BCUT2D eigenvalue weighted by atomic mass is 10.1. The minimum Gasteiger partial charge on any atom is -0.355 e. The van der Waals surface area contributed by atoms with E-state index in [9.17, 15) is 4.79 Å². The van der Waals surface area contributed by atoms with Crippen molar-refractivity contribution in [3.8, 4) is 0 Å². The Hall–Kier alpha value is -1.35. The summed E-state index contributed by atoms with van der Waals surface area (Å²) in [6, 6.07) is 10.1. The molecule has 0 aliphatic heterocycles. The number of nitrogens with one attached hydrogen (secondary N) is 2. The highest BCUT2D eigenvalue weighted by molar-refractivity contribution is 5.81. The fourth-order valence-corrected chi connectivity index (χ4v) is 1.69. The van der Waals surface area contributed by atoms with Gasteiger partial charge in [-0.25, -0.2) is 0 Å². The van der Waals surface area contributed by atoms with Gasteiger partial charge in [0.05, 0.1) is 6.04 Å². The summed E-state index contributed by atoms with van der Waals surface area (Å²) < 4.78 is 0. The molecule has 0 aromatic heterocycles. The van der Waals surface area contributed by atoms with Crippen LogP contribution in [0.1, 0.15) is 38.8 Å². The van der Waals surface area contributed by atoms with Crippen LogP contribution in [0.15, 0.2) is 30.3 Å². The summed E-state index contributed by atoms with van der Waals surface area (Å²) >= 11 is 0. The average Bonchev–Trinajstić information content (AvgIpc) is 2.36. The minimum atomic E-state index is -0.170. The zero-order chi connectivity index (χ0) is 12.7. The van der Waals surface area contributed by atoms with Gasteiger partial charge in [-0.2, -0.15) is 0 Å². The second-order valence-corrected chi connectivity index (χ2v) is 4.31. The molecule has 17 heavy (non-hydrogen) atoms. The Bertz CT molecular complexity index is 337. The van der Waals surface area contributed by atoms with Crippen molar-refractivity contribution in [3.05, 3.63) is 35.9 Å². The third-order valence-corrected chi connectivity index (χ3v) is 2.74. The summed E-state index contributed by atoms with van der Waals surface area (Å²) in [5.74, 6) is 0.0645. The average molecular weight is 234 g/mol. The molecule has 1 rings (SSSR count). The number of hydrogen-bond donors (Lipinski definition) is 2. The molecule has 2 atom stereocenters. The van der Waals surface area contributed by atoms with Crippen LogP contribution in [0.4, 0.5) is 0 Å². The quantitative estimate of drug-likeness (QED) is 0.792. The molecule has 3 heteroatoms. The van der Waals surface area contributed by atoms with Crippen molar-refractivity contribution in [2.24, 2.45) is 0 Å². The van der Waals surface area contributed by atoms with Gasteiger partial charge in [-0.3, -0.25) is 10.1 Å². The first-order valence-corrected chi connectivity index (χ1v) is 6.23. The molecule has 0 fully saturated rings. The van der Waals surface area contributed by atoms with E-state index in [0.717, 1.165) is 13.0 Å². The van der Waals surface area contributed by atoms with Crippen molar-refractivity contribution < 1.29 is 4.79 Å². The molecule has 0 heterocycles. The lowest BCUT2D eigenvalue weighted by Crippen LogP contribution is -2.43. The molecule has 1 amide bonds. The van der Waals surface area contributed by atoms with E-state index in [4.69, 9.17) is 0 Å². The number of amides is 1. The van der Waals surface area contributed by atoms with Gasteiger partial charge in [0.1, 0.15) is 0 Å². The summed E-state index contributed by atoms with van der Waals surface area (Å²) in [7, 11) is 0. The Morgan fingerprint density at radius 1 is 1.24 bits per heavy atom. The van der Waals surface area contributed by atoms with Gasteiger partial charge in [0, 0.05) is 12.6 Å². The summed E-state index contributed by atoms with van der Waals surface area (Å²) in [6.45, 7) is 6.75. The normalized spacial score (nSPS) is 14.1. The second-order valence-electron chi connectivity index (χ2n) is 4.31. The Labute approximate surface area is 104 Å². The van der Waals surface area contributed by atoms with Crippen LogP contribution in [0.2, 0.25) is 0 Å². The van der Waals surface area contributed by atoms with Crippen LogP contribution in [0.3, 0.4) is 0 Å². The number of rotatable bonds is 6. The van der Waals surface area contributed by atoms with E-state index < -0.39 is 0 Å². The monoisotopic (exact) mass is 234 g/mol. The van der Waals surface area contributed by atoms with Gasteiger partial charge in [-0.15, -0.1) is 0 Å². The molecule has 1 aromatic carbocycles. The van der Waals surface area contributed by atoms with E-state index in [1.165, 1.54) is 5.56 Å². The number of carbonyl (C=O) groups excluding carboxylic acids is 1. The molecule has 94 valence electrons. The first-order chi connectivity index (χ1) is 8.15. The Kier molecular flexibility index (Phi) is 5.70. The first kappa shape index (κ1) is 13.7. The van der Waals surface area contributed by atoms with E-state index in [1.807, 2.05) is 32.0 Å². The maximum absolute atomic E-state index is 11.7. The van der Waals surface area contributed by atoms with E-state index >= 15 is 0 Å². The van der Waals surface area contributed by atoms with Crippen molar-refractivity contribution in [1.29, 1.82) is 0 Å². The van der Waals surface area contributed by atoms with Crippen molar-refractivity contribution in [1.82, 2.24) is 10.6 Å². The van der Waals surface area contributed by atoms with Gasteiger partial charge in [0.15, 0.2) is 0 Å². The molecule has 0 bridgehead atoms. The van der Waals surface area contributed by atoms with Crippen LogP contribution in [0.5, 0.6) is 0 Å². The van der Waals surface area contributed by atoms with Crippen LogP contribution in [0.25, 0.3) is 0 Å². The predicted octanol–water partition coefficient (Wildman–Crippen LogP) is 2.25. The van der Waals surface area contributed by atoms with Crippen molar-refractivity contribution >= 4 is 5.91 Å². The first-order valence-electron chi connectivity index (χ1n) is 6.23. The molecule has 0 radical (unpaired) electrons. The van der Waals surface area contributed by atoms with Crippen LogP contribution in [0, 0.1) is 0 Å². The zero-order valence-corrected chi connectivity index (χ0v) is 10.9. The zero-order valence-electron chi connectivity index (χ0n) is 10.9. The molecule has 0 spiro atoms. The Morgan fingerprint density at radius 2 is 1.88 bits per heavy atom. The van der Waals surface area contributed by atoms with E-state index in [1.54, 1.807) is 0 Å². The number of hydrogen-bond acceptors (Lipinski definition) is 2. The highest BCUT2D eigenvalue weighted by Gasteiger charge is 2.15. The van der Waals surface area contributed by atoms with E-state index in [0.29, 0.717) is 0 Å². The predicted molar refractivity (Wildman–Crippen MR) is 70.8 cm³/mol. The van der Waals surface area contributed by atoms with Gasteiger partial charge < -0.3 is 5.32 Å². The van der Waals surface area contributed by atoms with E-state index in [2.05, 4.69) is 29.7 Å². The lowest BCUT2D eigenvalue weighted by molar-refractivity contribution is -0.122. The summed E-state index contributed by atoms with van der Waals surface area (Å²) in [5, 5.41) is 6.18. The molecule has 2 N–H and O–H groups in total. The van der Waals surface area contributed by atoms with E-state index in [-0.39, 0.29) is 18.0 Å². The van der Waals surface area contributed by atoms with Crippen LogP contribution in [-0.2, 0) is 4.79 Å². The summed E-state index contributed by atoms with van der Waals surface area (Å²) in [5.41, 5.74) is 1.20. The Morgan fingerprint density at radius 3 is 2.47 bits per heavy atom. The van der Waals surface area contributed by atoms with Crippen LogP contribution in [-0.4, -0.2) is 18.5 Å². The SMILES string of the molecule is CCCNC(=O)C(C)NC(C)c1ccccc1. The van der Waals surface area contributed by atoms with Gasteiger partial charge >= 0.3 is 0 Å². The third-order valence-electron chi connectivity index (χ3n) is 2.74. The fourth-order valence-electron chi connectivity index (χ4n) is 1.69. The van der Waals surface area contributed by atoms with Crippen molar-refractivity contribution in [2.75, 3.05) is 6.54 Å². The molecule has 2 unspecified atom stereocenters. The number of benzene rings is 1. The Balaban J connectivity index is 2.45. The lowest BCUT2D eigenvalue weighted by Gasteiger charge is -2.19. The molecular weight excluding hydrogens is 212 g/mol. The molecule has 0 saturated heterocycles. The summed E-state index contributed by atoms with van der Waals surface area (Å²) in [6.07, 6.45) is 0.965. The van der Waals surface area contributed by atoms with Gasteiger partial charge in [-0.1, -0.05) is 37.3 Å². The maximum atomic E-state index is 11.7. The van der Waals surface area contributed by atoms with Crippen molar-refractivity contribution in [2.45, 2.75) is 39.3 Å². The molecule has 0 aliphatic rings. The molecule has 1 aromatic rings. The van der Waals surface area contributed by atoms with Crippen LogP contribution < -0.4 is 10.6 Å². The van der Waals surface area contributed by atoms with Gasteiger partial charge in [-0.05, 0) is 25.8 Å². The summed E-state index contributed by atoms with van der Waals surface area (Å²) in [4.78, 5) is 11.7. The maximum Gasteiger partial charge on any atom is 0.236 e. The number of carbonyl (C=O) groups is 1. The van der Waals surface area contributed by atoms with Crippen LogP contribution >= 0.6 is 0 Å². The smallest absolute Gasteiger partial charge is 0.236 e. The molecule has 3 nitrogen and oxygen atoms in total. The van der Waals surface area contributed by atoms with Gasteiger partial charge in [0.25, 0.3) is 0 Å². The third kappa shape index (κ3) is 4.57. The second kappa shape index (κ2) is 7.07. The molecular formula is C14H22N2O. The topological polar surface area (TPSA) is 41.1 Å². The largest absolute Gasteiger partial charge is 0.355 e. The highest BCUT2D eigenvalue weighted by atomic mass is 16.2. The minimum absolute atomic E-state index is 0.0645. The van der Waals surface area contributed by atoms with Crippen molar-refractivity contribution in [3.63, 3.8) is 0 Å². The molecule has 0 aliphatic carbocycles. The fraction of sp³-hybridized carbons (Fsp3) is 0.500. The highest BCUT2D eigenvalue weighted by Crippen LogP contribution is 2.11.